The van der Waals surface area contributed by atoms with Crippen molar-refractivity contribution in [3.8, 4) is 0 Å². The highest BCUT2D eigenvalue weighted by Gasteiger charge is 2.21. The summed E-state index contributed by atoms with van der Waals surface area (Å²) in [5.74, 6) is -0.885. The quantitative estimate of drug-likeness (QED) is 0.489. The van der Waals surface area contributed by atoms with Crippen LogP contribution in [-0.2, 0) is 21.8 Å². The van der Waals surface area contributed by atoms with Crippen molar-refractivity contribution in [3.05, 3.63) is 58.4 Å². The molecule has 0 unspecified atom stereocenters. The van der Waals surface area contributed by atoms with Crippen molar-refractivity contribution in [3.63, 3.8) is 0 Å². The molecule has 0 N–H and O–H groups in total. The maximum absolute atomic E-state index is 12.7. The molecule has 1 aromatic heterocycles. The SMILES string of the molecule is CCOC(=O)c1ccc2c(c1)sc(=NC(=O)c1ccc(S(=O)(=O)N(CC)CC)cc1)n2C. The number of aryl methyl sites for hydroxylation is 1. The van der Waals surface area contributed by atoms with Crippen LogP contribution < -0.4 is 4.80 Å². The molecule has 0 radical (unpaired) electrons. The molecule has 32 heavy (non-hydrogen) atoms. The molecular formula is C22H25N3O5S2. The minimum atomic E-state index is -3.59. The number of carbonyl (C=O) groups excluding carboxylic acids is 2. The molecule has 0 aliphatic carbocycles. The standard InChI is InChI=1S/C22H25N3O5S2/c1-5-25(6-2)32(28,29)17-11-8-15(9-12-17)20(26)23-22-24(4)18-13-10-16(14-19(18)31-22)21(27)30-7-3/h8-14H,5-7H2,1-4H3. The molecule has 0 atom stereocenters. The molecule has 3 aromatic rings. The van der Waals surface area contributed by atoms with Crippen molar-refractivity contribution in [2.24, 2.45) is 12.0 Å². The van der Waals surface area contributed by atoms with Crippen LogP contribution in [0.3, 0.4) is 0 Å². The molecule has 0 aliphatic heterocycles. The molecule has 3 rings (SSSR count). The Balaban J connectivity index is 1.92. The van der Waals surface area contributed by atoms with E-state index in [2.05, 4.69) is 4.99 Å². The lowest BCUT2D eigenvalue weighted by atomic mass is 10.2. The van der Waals surface area contributed by atoms with Gasteiger partial charge in [-0.3, -0.25) is 4.79 Å². The number of carbonyl (C=O) groups is 2. The van der Waals surface area contributed by atoms with E-state index in [4.69, 9.17) is 4.74 Å². The Morgan fingerprint density at radius 1 is 1.03 bits per heavy atom. The zero-order valence-electron chi connectivity index (χ0n) is 18.4. The van der Waals surface area contributed by atoms with Gasteiger partial charge in [0.15, 0.2) is 4.80 Å². The second-order valence-corrected chi connectivity index (χ2v) is 9.82. The monoisotopic (exact) mass is 475 g/mol. The van der Waals surface area contributed by atoms with E-state index in [1.165, 1.54) is 39.9 Å². The van der Waals surface area contributed by atoms with Gasteiger partial charge in [-0.25, -0.2) is 13.2 Å². The Kier molecular flexibility index (Phi) is 7.27. The lowest BCUT2D eigenvalue weighted by molar-refractivity contribution is 0.0526. The number of fused-ring (bicyclic) bond motifs is 1. The first kappa shape index (κ1) is 23.8. The highest BCUT2D eigenvalue weighted by Crippen LogP contribution is 2.20. The van der Waals surface area contributed by atoms with Crippen molar-refractivity contribution in [2.45, 2.75) is 25.7 Å². The fourth-order valence-electron chi connectivity index (χ4n) is 3.22. The van der Waals surface area contributed by atoms with Gasteiger partial charge in [-0.1, -0.05) is 25.2 Å². The summed E-state index contributed by atoms with van der Waals surface area (Å²) in [5.41, 5.74) is 1.55. The largest absolute Gasteiger partial charge is 0.462 e. The van der Waals surface area contributed by atoms with Crippen LogP contribution in [0, 0.1) is 0 Å². The van der Waals surface area contributed by atoms with Crippen LogP contribution in [0.2, 0.25) is 0 Å². The summed E-state index contributed by atoms with van der Waals surface area (Å²) in [7, 11) is -1.80. The van der Waals surface area contributed by atoms with Crippen molar-refractivity contribution >= 4 is 43.5 Å². The Morgan fingerprint density at radius 2 is 1.66 bits per heavy atom. The van der Waals surface area contributed by atoms with Gasteiger partial charge in [0.25, 0.3) is 5.91 Å². The smallest absolute Gasteiger partial charge is 0.338 e. The van der Waals surface area contributed by atoms with Crippen LogP contribution in [0.1, 0.15) is 41.5 Å². The van der Waals surface area contributed by atoms with Crippen molar-refractivity contribution in [1.82, 2.24) is 8.87 Å². The van der Waals surface area contributed by atoms with Crippen LogP contribution in [0.5, 0.6) is 0 Å². The minimum absolute atomic E-state index is 0.136. The third-order valence-corrected chi connectivity index (χ3v) is 8.12. The summed E-state index contributed by atoms with van der Waals surface area (Å²) < 4.78 is 34.2. The van der Waals surface area contributed by atoms with Crippen LogP contribution in [0.25, 0.3) is 10.2 Å². The summed E-state index contributed by atoms with van der Waals surface area (Å²) in [6.45, 7) is 6.33. The predicted octanol–water partition coefficient (Wildman–Crippen LogP) is 3.19. The molecule has 2 aromatic carbocycles. The third kappa shape index (κ3) is 4.67. The van der Waals surface area contributed by atoms with Gasteiger partial charge in [-0.05, 0) is 49.4 Å². The number of esters is 1. The highest BCUT2D eigenvalue weighted by molar-refractivity contribution is 7.89. The third-order valence-electron chi connectivity index (χ3n) is 4.96. The summed E-state index contributed by atoms with van der Waals surface area (Å²) in [5, 5.41) is 0. The molecule has 1 heterocycles. The van der Waals surface area contributed by atoms with Crippen molar-refractivity contribution in [2.75, 3.05) is 19.7 Å². The van der Waals surface area contributed by atoms with E-state index in [0.29, 0.717) is 30.1 Å². The van der Waals surface area contributed by atoms with Crippen LogP contribution >= 0.6 is 11.3 Å². The van der Waals surface area contributed by atoms with Gasteiger partial charge in [0.05, 0.1) is 27.3 Å². The van der Waals surface area contributed by atoms with E-state index in [-0.39, 0.29) is 10.5 Å². The second kappa shape index (κ2) is 9.76. The van der Waals surface area contributed by atoms with Gasteiger partial charge < -0.3 is 9.30 Å². The molecule has 0 saturated heterocycles. The maximum Gasteiger partial charge on any atom is 0.338 e. The van der Waals surface area contributed by atoms with E-state index in [0.717, 1.165) is 10.2 Å². The summed E-state index contributed by atoms with van der Waals surface area (Å²) in [4.78, 5) is 29.5. The summed E-state index contributed by atoms with van der Waals surface area (Å²) in [6, 6.07) is 11.0. The fraction of sp³-hybridized carbons (Fsp3) is 0.318. The number of hydrogen-bond acceptors (Lipinski definition) is 6. The predicted molar refractivity (Wildman–Crippen MR) is 123 cm³/mol. The zero-order chi connectivity index (χ0) is 23.5. The number of hydrogen-bond donors (Lipinski definition) is 0. The second-order valence-electron chi connectivity index (χ2n) is 6.88. The van der Waals surface area contributed by atoms with Crippen LogP contribution in [-0.4, -0.2) is 48.9 Å². The first-order valence-electron chi connectivity index (χ1n) is 10.2. The highest BCUT2D eigenvalue weighted by atomic mass is 32.2. The molecular weight excluding hydrogens is 450 g/mol. The number of thiazole rings is 1. The molecule has 0 fully saturated rings. The van der Waals surface area contributed by atoms with Gasteiger partial charge in [0.2, 0.25) is 10.0 Å². The van der Waals surface area contributed by atoms with Gasteiger partial charge in [-0.2, -0.15) is 9.30 Å². The number of nitrogens with zero attached hydrogens (tertiary/aromatic N) is 3. The number of amides is 1. The minimum Gasteiger partial charge on any atom is -0.462 e. The molecule has 0 spiro atoms. The van der Waals surface area contributed by atoms with Crippen LogP contribution in [0.15, 0.2) is 52.4 Å². The number of aromatic nitrogens is 1. The average molecular weight is 476 g/mol. The van der Waals surface area contributed by atoms with Gasteiger partial charge in [0, 0.05) is 25.7 Å². The number of benzene rings is 2. The van der Waals surface area contributed by atoms with Crippen molar-refractivity contribution in [1.29, 1.82) is 0 Å². The first-order valence-corrected chi connectivity index (χ1v) is 12.4. The Hall–Kier alpha value is -2.82. The van der Waals surface area contributed by atoms with E-state index in [1.807, 2.05) is 0 Å². The normalized spacial score (nSPS) is 12.5. The summed E-state index contributed by atoms with van der Waals surface area (Å²) in [6.07, 6.45) is 0. The van der Waals surface area contributed by atoms with Crippen LogP contribution in [0.4, 0.5) is 0 Å². The fourth-order valence-corrected chi connectivity index (χ4v) is 5.73. The van der Waals surface area contributed by atoms with E-state index < -0.39 is 21.9 Å². The first-order chi connectivity index (χ1) is 15.2. The lowest BCUT2D eigenvalue weighted by Gasteiger charge is -2.18. The number of rotatable bonds is 7. The molecule has 170 valence electrons. The number of ether oxygens (including phenoxy) is 1. The Bertz CT molecular complexity index is 1320. The molecule has 10 heteroatoms. The molecule has 1 amide bonds. The van der Waals surface area contributed by atoms with Gasteiger partial charge >= 0.3 is 5.97 Å². The average Bonchev–Trinajstić information content (AvgIpc) is 3.09. The number of sulfonamides is 1. The molecule has 0 bridgehead atoms. The van der Waals surface area contributed by atoms with E-state index in [1.54, 1.807) is 50.6 Å². The zero-order valence-corrected chi connectivity index (χ0v) is 20.0. The lowest BCUT2D eigenvalue weighted by Crippen LogP contribution is -2.30. The summed E-state index contributed by atoms with van der Waals surface area (Å²) >= 11 is 1.28. The Morgan fingerprint density at radius 3 is 2.25 bits per heavy atom. The topological polar surface area (TPSA) is 98.0 Å². The van der Waals surface area contributed by atoms with E-state index in [9.17, 15) is 18.0 Å². The van der Waals surface area contributed by atoms with Gasteiger partial charge in [0.1, 0.15) is 0 Å². The van der Waals surface area contributed by atoms with Crippen molar-refractivity contribution < 1.29 is 22.7 Å². The van der Waals surface area contributed by atoms with E-state index >= 15 is 0 Å². The molecule has 0 saturated carbocycles. The molecule has 8 nitrogen and oxygen atoms in total. The Labute approximate surface area is 190 Å². The maximum atomic E-state index is 12.7. The van der Waals surface area contributed by atoms with Gasteiger partial charge in [-0.15, -0.1) is 0 Å². The molecule has 0 aliphatic rings.